The Balaban J connectivity index is 1.91. The van der Waals surface area contributed by atoms with E-state index in [1.54, 1.807) is 6.07 Å². The first kappa shape index (κ1) is 14.6. The molecule has 4 nitrogen and oxygen atoms in total. The second kappa shape index (κ2) is 4.85. The summed E-state index contributed by atoms with van der Waals surface area (Å²) in [6, 6.07) is 5.46. The zero-order chi connectivity index (χ0) is 15.3. The summed E-state index contributed by atoms with van der Waals surface area (Å²) in [6.07, 6.45) is 3.35. The molecule has 112 valence electrons. The van der Waals surface area contributed by atoms with Gasteiger partial charge in [-0.25, -0.2) is 0 Å². The van der Waals surface area contributed by atoms with Crippen molar-refractivity contribution >= 4 is 18.9 Å². The molecule has 0 amide bonds. The zero-order valence-corrected chi connectivity index (χ0v) is 13.0. The highest BCUT2D eigenvalue weighted by Crippen LogP contribution is 2.37. The van der Waals surface area contributed by atoms with Gasteiger partial charge in [-0.2, -0.15) is 0 Å². The molecular weight excluding hydrogens is 267 g/mol. The third kappa shape index (κ3) is 2.72. The summed E-state index contributed by atoms with van der Waals surface area (Å²) in [5.74, 6) is 0.771. The maximum absolute atomic E-state index is 11.3. The highest BCUT2D eigenvalue weighted by Gasteiger charge is 2.52. The lowest BCUT2D eigenvalue weighted by Gasteiger charge is -2.32. The van der Waals surface area contributed by atoms with E-state index in [1.807, 2.05) is 39.8 Å². The lowest BCUT2D eigenvalue weighted by Crippen LogP contribution is -2.41. The van der Waals surface area contributed by atoms with Crippen LogP contribution < -0.4 is 10.2 Å². The first-order valence-electron chi connectivity index (χ1n) is 7.44. The van der Waals surface area contributed by atoms with Crippen molar-refractivity contribution in [1.82, 2.24) is 0 Å². The second-order valence-corrected chi connectivity index (χ2v) is 6.81. The molecule has 3 rings (SSSR count). The highest BCUT2D eigenvalue weighted by atomic mass is 16.7. The van der Waals surface area contributed by atoms with Gasteiger partial charge in [0.15, 0.2) is 0 Å². The van der Waals surface area contributed by atoms with Crippen LogP contribution >= 0.6 is 0 Å². The Kier molecular flexibility index (Phi) is 3.37. The molecule has 21 heavy (non-hydrogen) atoms. The van der Waals surface area contributed by atoms with Crippen molar-refractivity contribution in [1.29, 1.82) is 0 Å². The molecule has 0 atom stereocenters. The predicted octanol–water partition coefficient (Wildman–Crippen LogP) is 2.34. The van der Waals surface area contributed by atoms with E-state index in [-0.39, 0.29) is 0 Å². The van der Waals surface area contributed by atoms with Gasteiger partial charge in [0.1, 0.15) is 12.0 Å². The molecule has 1 aliphatic heterocycles. The molecule has 0 unspecified atom stereocenters. The molecule has 0 aromatic heterocycles. The Morgan fingerprint density at radius 2 is 1.81 bits per heavy atom. The van der Waals surface area contributed by atoms with Crippen LogP contribution in [0.4, 0.5) is 0 Å². The average molecular weight is 288 g/mol. The van der Waals surface area contributed by atoms with Gasteiger partial charge in [0.2, 0.25) is 0 Å². The van der Waals surface area contributed by atoms with Gasteiger partial charge in [0, 0.05) is 5.56 Å². The topological polar surface area (TPSA) is 44.8 Å². The maximum Gasteiger partial charge on any atom is 0.495 e. The van der Waals surface area contributed by atoms with Crippen molar-refractivity contribution in [3.63, 3.8) is 0 Å². The summed E-state index contributed by atoms with van der Waals surface area (Å²) in [5.41, 5.74) is 0.467. The molecule has 0 spiro atoms. The van der Waals surface area contributed by atoms with Gasteiger partial charge in [-0.3, -0.25) is 4.79 Å². The monoisotopic (exact) mass is 288 g/mol. The van der Waals surface area contributed by atoms with Gasteiger partial charge in [-0.15, -0.1) is 0 Å². The molecule has 1 saturated carbocycles. The summed E-state index contributed by atoms with van der Waals surface area (Å²) in [7, 11) is -0.544. The summed E-state index contributed by atoms with van der Waals surface area (Å²) >= 11 is 0. The van der Waals surface area contributed by atoms with E-state index in [9.17, 15) is 4.79 Å². The largest absolute Gasteiger partial charge is 0.495 e. The van der Waals surface area contributed by atoms with Crippen molar-refractivity contribution in [2.75, 3.05) is 0 Å². The van der Waals surface area contributed by atoms with Crippen LogP contribution in [0.5, 0.6) is 5.75 Å². The minimum atomic E-state index is -0.544. The van der Waals surface area contributed by atoms with Crippen molar-refractivity contribution in [3.05, 3.63) is 23.8 Å². The van der Waals surface area contributed by atoms with Gasteiger partial charge < -0.3 is 14.0 Å². The van der Waals surface area contributed by atoms with Gasteiger partial charge in [0.05, 0.1) is 17.3 Å². The summed E-state index contributed by atoms with van der Waals surface area (Å²) in [6.45, 7) is 7.99. The minimum absolute atomic E-state index is 0.318. The van der Waals surface area contributed by atoms with E-state index in [0.717, 1.165) is 30.3 Å². The van der Waals surface area contributed by atoms with Gasteiger partial charge >= 0.3 is 7.12 Å². The molecule has 1 aromatic rings. The maximum atomic E-state index is 11.3. The molecule has 2 fully saturated rings. The third-order valence-corrected chi connectivity index (χ3v) is 4.52. The molecule has 1 heterocycles. The average Bonchev–Trinajstić information content (AvgIpc) is 3.17. The number of rotatable bonds is 4. The molecular formula is C16H21BO4. The fraction of sp³-hybridized carbons (Fsp3) is 0.562. The van der Waals surface area contributed by atoms with Crippen molar-refractivity contribution in [2.24, 2.45) is 0 Å². The minimum Gasteiger partial charge on any atom is -0.490 e. The normalized spacial score (nSPS) is 23.1. The second-order valence-electron chi connectivity index (χ2n) is 6.81. The Labute approximate surface area is 125 Å². The lowest BCUT2D eigenvalue weighted by atomic mass is 9.76. The summed E-state index contributed by atoms with van der Waals surface area (Å²) in [4.78, 5) is 11.3. The van der Waals surface area contributed by atoms with Crippen LogP contribution in [0.25, 0.3) is 0 Å². The van der Waals surface area contributed by atoms with Crippen LogP contribution in [0.15, 0.2) is 18.2 Å². The SMILES string of the molecule is CC1(C)OB(c2cc(OC3CC3)ccc2C=O)OC1(C)C. The Bertz CT molecular complexity index is 547. The number of benzene rings is 1. The van der Waals surface area contributed by atoms with E-state index in [2.05, 4.69) is 0 Å². The van der Waals surface area contributed by atoms with E-state index in [0.29, 0.717) is 11.7 Å². The van der Waals surface area contributed by atoms with Gasteiger partial charge in [-0.1, -0.05) is 0 Å². The highest BCUT2D eigenvalue weighted by molar-refractivity contribution is 6.63. The van der Waals surface area contributed by atoms with Crippen LogP contribution in [0.2, 0.25) is 0 Å². The smallest absolute Gasteiger partial charge is 0.490 e. The zero-order valence-electron chi connectivity index (χ0n) is 13.0. The number of carbonyl (C=O) groups excluding carboxylic acids is 1. The lowest BCUT2D eigenvalue weighted by molar-refractivity contribution is 0.00578. The summed E-state index contributed by atoms with van der Waals surface area (Å²) in [5, 5.41) is 0. The standard InChI is InChI=1S/C16H21BO4/c1-15(2)16(3,4)21-17(20-15)14-9-13(19-12-7-8-12)6-5-11(14)10-18/h5-6,9-10,12H,7-8H2,1-4H3. The number of hydrogen-bond donors (Lipinski definition) is 0. The van der Waals surface area contributed by atoms with E-state index < -0.39 is 18.3 Å². The number of hydrogen-bond acceptors (Lipinski definition) is 4. The van der Waals surface area contributed by atoms with Crippen LogP contribution in [0.3, 0.4) is 0 Å². The fourth-order valence-electron chi connectivity index (χ4n) is 2.29. The van der Waals surface area contributed by atoms with Gasteiger partial charge in [-0.05, 0) is 64.2 Å². The number of aldehydes is 1. The Morgan fingerprint density at radius 1 is 1.19 bits per heavy atom. The quantitative estimate of drug-likeness (QED) is 0.630. The first-order chi connectivity index (χ1) is 9.82. The van der Waals surface area contributed by atoms with Gasteiger partial charge in [0.25, 0.3) is 0 Å². The summed E-state index contributed by atoms with van der Waals surface area (Å²) < 4.78 is 17.9. The number of ether oxygens (including phenoxy) is 1. The Morgan fingerprint density at radius 3 is 2.33 bits per heavy atom. The number of carbonyl (C=O) groups is 1. The molecule has 5 heteroatoms. The van der Waals surface area contributed by atoms with Crippen molar-refractivity contribution in [2.45, 2.75) is 57.8 Å². The van der Waals surface area contributed by atoms with Crippen LogP contribution in [0, 0.1) is 0 Å². The van der Waals surface area contributed by atoms with E-state index in [1.165, 1.54) is 0 Å². The molecule has 0 N–H and O–H groups in total. The molecule has 0 bridgehead atoms. The van der Waals surface area contributed by atoms with E-state index in [4.69, 9.17) is 14.0 Å². The fourth-order valence-corrected chi connectivity index (χ4v) is 2.29. The molecule has 1 aliphatic carbocycles. The molecule has 0 radical (unpaired) electrons. The van der Waals surface area contributed by atoms with Crippen molar-refractivity contribution < 1.29 is 18.8 Å². The predicted molar refractivity (Wildman–Crippen MR) is 81.2 cm³/mol. The molecule has 1 saturated heterocycles. The Hall–Kier alpha value is -1.33. The van der Waals surface area contributed by atoms with Crippen LogP contribution in [-0.4, -0.2) is 30.7 Å². The third-order valence-electron chi connectivity index (χ3n) is 4.52. The van der Waals surface area contributed by atoms with Crippen LogP contribution in [0.1, 0.15) is 50.9 Å². The molecule has 1 aromatic carbocycles. The van der Waals surface area contributed by atoms with Crippen LogP contribution in [-0.2, 0) is 9.31 Å². The molecule has 2 aliphatic rings. The van der Waals surface area contributed by atoms with Crippen molar-refractivity contribution in [3.8, 4) is 5.75 Å². The van der Waals surface area contributed by atoms with E-state index >= 15 is 0 Å². The first-order valence-corrected chi connectivity index (χ1v) is 7.44.